The van der Waals surface area contributed by atoms with Crippen molar-refractivity contribution in [2.24, 2.45) is 0 Å². The van der Waals surface area contributed by atoms with Gasteiger partial charge < -0.3 is 5.32 Å². The fourth-order valence-corrected chi connectivity index (χ4v) is 4.36. The van der Waals surface area contributed by atoms with E-state index in [1.165, 1.54) is 0 Å². The van der Waals surface area contributed by atoms with Crippen molar-refractivity contribution in [3.63, 3.8) is 0 Å². The first-order valence-corrected chi connectivity index (χ1v) is 8.74. The second-order valence-electron chi connectivity index (χ2n) is 5.36. The molecule has 0 spiro atoms. The number of nitrogens with one attached hydrogen (secondary N) is 1. The molecule has 19 heavy (non-hydrogen) atoms. The summed E-state index contributed by atoms with van der Waals surface area (Å²) in [6, 6.07) is 0.267. The van der Waals surface area contributed by atoms with Gasteiger partial charge in [0.1, 0.15) is 0 Å². The van der Waals surface area contributed by atoms with Crippen molar-refractivity contribution in [2.75, 3.05) is 18.1 Å². The van der Waals surface area contributed by atoms with Gasteiger partial charge in [-0.2, -0.15) is 5.10 Å². The lowest BCUT2D eigenvalue weighted by molar-refractivity contribution is 0.485. The molecule has 1 aromatic rings. The van der Waals surface area contributed by atoms with Crippen LogP contribution >= 0.6 is 0 Å². The van der Waals surface area contributed by atoms with Gasteiger partial charge in [0, 0.05) is 17.3 Å². The van der Waals surface area contributed by atoms with Gasteiger partial charge in [-0.05, 0) is 33.2 Å². The van der Waals surface area contributed by atoms with Crippen LogP contribution in [0, 0.1) is 6.92 Å². The average molecular weight is 285 g/mol. The molecular weight excluding hydrogens is 262 g/mol. The molecule has 0 amide bonds. The van der Waals surface area contributed by atoms with Gasteiger partial charge in [-0.25, -0.2) is 8.42 Å². The number of rotatable bonds is 5. The Morgan fingerprint density at radius 3 is 2.89 bits per heavy atom. The van der Waals surface area contributed by atoms with Crippen molar-refractivity contribution >= 4 is 9.84 Å². The highest BCUT2D eigenvalue weighted by Crippen LogP contribution is 2.27. The lowest BCUT2D eigenvalue weighted by atomic mass is 10.1. The molecule has 0 bridgehead atoms. The van der Waals surface area contributed by atoms with Crippen LogP contribution in [0.25, 0.3) is 0 Å². The normalized spacial score (nSPS) is 23.6. The molecule has 1 saturated heterocycles. The maximum Gasteiger partial charge on any atom is 0.152 e. The molecule has 0 radical (unpaired) electrons. The maximum absolute atomic E-state index is 11.6. The Morgan fingerprint density at radius 1 is 1.58 bits per heavy atom. The minimum absolute atomic E-state index is 0.0112. The summed E-state index contributed by atoms with van der Waals surface area (Å²) in [5.74, 6) is 0.516. The van der Waals surface area contributed by atoms with Gasteiger partial charge in [0.2, 0.25) is 0 Å². The van der Waals surface area contributed by atoms with Crippen LogP contribution < -0.4 is 5.32 Å². The molecule has 0 aliphatic carbocycles. The minimum atomic E-state index is -2.86. The molecule has 1 aliphatic heterocycles. The number of sulfone groups is 1. The second-order valence-corrected chi connectivity index (χ2v) is 7.59. The SMILES string of the molecule is CCCNC(C)c1cnn(C2CCS(=O)(=O)C2)c1C. The Bertz CT molecular complexity index is 536. The molecule has 1 aliphatic rings. The maximum atomic E-state index is 11.6. The molecular formula is C13H23N3O2S. The highest BCUT2D eigenvalue weighted by Gasteiger charge is 2.31. The molecule has 1 N–H and O–H groups in total. The standard InChI is InChI=1S/C13H23N3O2S/c1-4-6-14-10(2)13-8-15-16(11(13)3)12-5-7-19(17,18)9-12/h8,10,12,14H,4-7,9H2,1-3H3. The summed E-state index contributed by atoms with van der Waals surface area (Å²) >= 11 is 0. The first-order valence-electron chi connectivity index (χ1n) is 6.92. The van der Waals surface area contributed by atoms with Gasteiger partial charge in [-0.1, -0.05) is 6.92 Å². The quantitative estimate of drug-likeness (QED) is 0.892. The van der Waals surface area contributed by atoms with E-state index in [2.05, 4.69) is 24.3 Å². The smallest absolute Gasteiger partial charge is 0.152 e. The van der Waals surface area contributed by atoms with Crippen LogP contribution in [0.15, 0.2) is 6.20 Å². The predicted molar refractivity (Wildman–Crippen MR) is 76.0 cm³/mol. The summed E-state index contributed by atoms with van der Waals surface area (Å²) in [5, 5.41) is 7.84. The van der Waals surface area contributed by atoms with E-state index in [1.54, 1.807) is 0 Å². The van der Waals surface area contributed by atoms with Gasteiger partial charge >= 0.3 is 0 Å². The van der Waals surface area contributed by atoms with Gasteiger partial charge in [0.15, 0.2) is 9.84 Å². The zero-order valence-electron chi connectivity index (χ0n) is 11.9. The van der Waals surface area contributed by atoms with E-state index in [1.807, 2.05) is 17.8 Å². The summed E-state index contributed by atoms with van der Waals surface area (Å²) in [4.78, 5) is 0. The van der Waals surface area contributed by atoms with Gasteiger partial charge in [-0.3, -0.25) is 4.68 Å². The third-order valence-electron chi connectivity index (χ3n) is 3.80. The third-order valence-corrected chi connectivity index (χ3v) is 5.55. The molecule has 108 valence electrons. The van der Waals surface area contributed by atoms with E-state index in [-0.39, 0.29) is 23.6 Å². The molecule has 6 heteroatoms. The summed E-state index contributed by atoms with van der Waals surface area (Å²) in [5.41, 5.74) is 2.25. The summed E-state index contributed by atoms with van der Waals surface area (Å²) in [6.07, 6.45) is 3.65. The number of aromatic nitrogens is 2. The Labute approximate surface area is 115 Å². The van der Waals surface area contributed by atoms with Gasteiger partial charge in [-0.15, -0.1) is 0 Å². The van der Waals surface area contributed by atoms with E-state index in [4.69, 9.17) is 0 Å². The molecule has 0 saturated carbocycles. The van der Waals surface area contributed by atoms with Crippen LogP contribution in [0.5, 0.6) is 0 Å². The molecule has 2 heterocycles. The highest BCUT2D eigenvalue weighted by molar-refractivity contribution is 7.91. The average Bonchev–Trinajstić information content (AvgIpc) is 2.89. The monoisotopic (exact) mass is 285 g/mol. The Hall–Kier alpha value is -0.880. The highest BCUT2D eigenvalue weighted by atomic mass is 32.2. The predicted octanol–water partition coefficient (Wildman–Crippen LogP) is 1.61. The van der Waals surface area contributed by atoms with Gasteiger partial charge in [0.25, 0.3) is 0 Å². The lowest BCUT2D eigenvalue weighted by Crippen LogP contribution is -2.20. The first kappa shape index (κ1) is 14.5. The summed E-state index contributed by atoms with van der Waals surface area (Å²) in [6.45, 7) is 7.26. The lowest BCUT2D eigenvalue weighted by Gasteiger charge is -2.15. The van der Waals surface area contributed by atoms with E-state index in [0.717, 1.165) is 24.2 Å². The molecule has 2 atom stereocenters. The van der Waals surface area contributed by atoms with E-state index >= 15 is 0 Å². The topological polar surface area (TPSA) is 64.0 Å². The zero-order chi connectivity index (χ0) is 14.0. The van der Waals surface area contributed by atoms with Gasteiger partial charge in [0.05, 0.1) is 23.7 Å². The molecule has 0 aromatic carbocycles. The van der Waals surface area contributed by atoms with Crippen molar-refractivity contribution < 1.29 is 8.42 Å². The van der Waals surface area contributed by atoms with Crippen LogP contribution in [-0.4, -0.2) is 36.2 Å². The zero-order valence-corrected chi connectivity index (χ0v) is 12.7. The fourth-order valence-electron chi connectivity index (χ4n) is 2.67. The number of nitrogens with zero attached hydrogens (tertiary/aromatic N) is 2. The van der Waals surface area contributed by atoms with Crippen LogP contribution in [0.1, 0.15) is 50.0 Å². The van der Waals surface area contributed by atoms with Crippen molar-refractivity contribution in [3.05, 3.63) is 17.5 Å². The minimum Gasteiger partial charge on any atom is -0.310 e. The van der Waals surface area contributed by atoms with Crippen LogP contribution in [0.3, 0.4) is 0 Å². The van der Waals surface area contributed by atoms with Crippen molar-refractivity contribution in [3.8, 4) is 0 Å². The van der Waals surface area contributed by atoms with Crippen LogP contribution in [0.2, 0.25) is 0 Å². The van der Waals surface area contributed by atoms with E-state index in [9.17, 15) is 8.42 Å². The summed E-state index contributed by atoms with van der Waals surface area (Å²) in [7, 11) is -2.86. The number of hydrogen-bond acceptors (Lipinski definition) is 4. The third kappa shape index (κ3) is 3.17. The van der Waals surface area contributed by atoms with Crippen LogP contribution in [-0.2, 0) is 9.84 Å². The fraction of sp³-hybridized carbons (Fsp3) is 0.769. The van der Waals surface area contributed by atoms with Crippen molar-refractivity contribution in [2.45, 2.75) is 45.7 Å². The Kier molecular flexibility index (Phi) is 4.30. The van der Waals surface area contributed by atoms with Crippen LogP contribution in [0.4, 0.5) is 0 Å². The first-order chi connectivity index (χ1) is 8.94. The summed E-state index contributed by atoms with van der Waals surface area (Å²) < 4.78 is 25.0. The molecule has 2 rings (SSSR count). The Balaban J connectivity index is 2.14. The largest absolute Gasteiger partial charge is 0.310 e. The second kappa shape index (κ2) is 5.63. The van der Waals surface area contributed by atoms with Crippen molar-refractivity contribution in [1.82, 2.24) is 15.1 Å². The van der Waals surface area contributed by atoms with E-state index < -0.39 is 9.84 Å². The van der Waals surface area contributed by atoms with Crippen molar-refractivity contribution in [1.29, 1.82) is 0 Å². The Morgan fingerprint density at radius 2 is 2.32 bits per heavy atom. The molecule has 1 fully saturated rings. The van der Waals surface area contributed by atoms with E-state index in [0.29, 0.717) is 6.42 Å². The molecule has 5 nitrogen and oxygen atoms in total. The molecule has 2 unspecified atom stereocenters. The number of hydrogen-bond donors (Lipinski definition) is 1. The molecule has 1 aromatic heterocycles.